The molecule has 0 saturated heterocycles. The van der Waals surface area contributed by atoms with Gasteiger partial charge in [0.25, 0.3) is 0 Å². The lowest BCUT2D eigenvalue weighted by molar-refractivity contribution is 1.37. The largest absolute Gasteiger partial charge is 0.355 e. The normalized spacial score (nSPS) is 11.6. The van der Waals surface area contributed by atoms with E-state index in [-0.39, 0.29) is 0 Å². The Kier molecular flexibility index (Phi) is 3.42. The minimum atomic E-state index is 1.15. The predicted octanol–water partition coefficient (Wildman–Crippen LogP) is 5.57. The van der Waals surface area contributed by atoms with Gasteiger partial charge in [-0.3, -0.25) is 0 Å². The summed E-state index contributed by atoms with van der Waals surface area (Å²) in [6.45, 7) is 8.59. The van der Waals surface area contributed by atoms with Crippen LogP contribution in [0.2, 0.25) is 0 Å². The molecule has 1 aromatic heterocycles. The monoisotopic (exact) mass is 275 g/mol. The van der Waals surface area contributed by atoms with Crippen LogP contribution >= 0.6 is 0 Å². The molecule has 0 saturated carbocycles. The predicted molar refractivity (Wildman–Crippen MR) is 92.6 cm³/mol. The van der Waals surface area contributed by atoms with Gasteiger partial charge in [-0.15, -0.1) is 0 Å². The van der Waals surface area contributed by atoms with Crippen molar-refractivity contribution in [2.75, 3.05) is 0 Å². The highest BCUT2D eigenvalue weighted by Gasteiger charge is 2.02. The molecule has 106 valence electrons. The minimum absolute atomic E-state index is 1.15. The van der Waals surface area contributed by atoms with Crippen LogP contribution in [0.25, 0.3) is 23.1 Å². The van der Waals surface area contributed by atoms with Crippen molar-refractivity contribution in [1.29, 1.82) is 0 Å². The molecule has 21 heavy (non-hydrogen) atoms. The lowest BCUT2D eigenvalue weighted by atomic mass is 10.1. The third kappa shape index (κ3) is 2.78. The molecule has 0 atom stereocenters. The van der Waals surface area contributed by atoms with Gasteiger partial charge >= 0.3 is 0 Å². The first kappa shape index (κ1) is 13.7. The van der Waals surface area contributed by atoms with Crippen molar-refractivity contribution in [3.05, 3.63) is 69.9 Å². The molecule has 1 heterocycles. The quantitative estimate of drug-likeness (QED) is 0.629. The van der Waals surface area contributed by atoms with E-state index in [1.807, 2.05) is 0 Å². The molecule has 1 N–H and O–H groups in total. The molecule has 0 unspecified atom stereocenters. The van der Waals surface area contributed by atoms with E-state index in [0.717, 1.165) is 5.69 Å². The van der Waals surface area contributed by atoms with Crippen LogP contribution in [0, 0.1) is 27.7 Å². The maximum absolute atomic E-state index is 3.49. The summed E-state index contributed by atoms with van der Waals surface area (Å²) in [4.78, 5) is 3.49. The van der Waals surface area contributed by atoms with Gasteiger partial charge in [-0.1, -0.05) is 35.9 Å². The third-order valence-electron chi connectivity index (χ3n) is 3.98. The highest BCUT2D eigenvalue weighted by atomic mass is 14.7. The van der Waals surface area contributed by atoms with Gasteiger partial charge in [0.15, 0.2) is 0 Å². The Bertz CT molecular complexity index is 834. The topological polar surface area (TPSA) is 15.8 Å². The molecular weight excluding hydrogens is 254 g/mol. The molecule has 3 aromatic rings. The van der Waals surface area contributed by atoms with Crippen molar-refractivity contribution in [1.82, 2.24) is 4.98 Å². The van der Waals surface area contributed by atoms with Crippen LogP contribution in [0.4, 0.5) is 0 Å². The summed E-state index contributed by atoms with van der Waals surface area (Å²) in [5.41, 5.74) is 8.88. The molecule has 1 heteroatoms. The van der Waals surface area contributed by atoms with E-state index in [4.69, 9.17) is 0 Å². The Labute approximate surface area is 126 Å². The number of nitrogens with one attached hydrogen (secondary N) is 1. The number of benzene rings is 2. The summed E-state index contributed by atoms with van der Waals surface area (Å²) >= 11 is 0. The zero-order valence-corrected chi connectivity index (χ0v) is 13.1. The fourth-order valence-electron chi connectivity index (χ4n) is 2.90. The lowest BCUT2D eigenvalue weighted by Crippen LogP contribution is -1.81. The van der Waals surface area contributed by atoms with Crippen molar-refractivity contribution < 1.29 is 0 Å². The summed E-state index contributed by atoms with van der Waals surface area (Å²) in [5.74, 6) is 0. The Morgan fingerprint density at radius 1 is 0.762 bits per heavy atom. The molecule has 0 radical (unpaired) electrons. The Morgan fingerprint density at radius 3 is 2.29 bits per heavy atom. The van der Waals surface area contributed by atoms with Crippen LogP contribution in [-0.2, 0) is 0 Å². The second-order valence-corrected chi connectivity index (χ2v) is 5.96. The zero-order chi connectivity index (χ0) is 15.0. The molecule has 0 spiro atoms. The van der Waals surface area contributed by atoms with Gasteiger partial charge < -0.3 is 4.98 Å². The standard InChI is InChI=1S/C20H21N/c1-13-5-6-17(15(3)9-13)7-8-18-12-19-16(4)10-14(2)11-20(19)21-18/h5-12,21H,1-4H3. The number of aromatic amines is 1. The molecule has 0 aliphatic rings. The Hall–Kier alpha value is -2.28. The molecule has 0 aliphatic carbocycles. The smallest absolute Gasteiger partial charge is 0.0463 e. The van der Waals surface area contributed by atoms with E-state index >= 15 is 0 Å². The highest BCUT2D eigenvalue weighted by Crippen LogP contribution is 2.23. The maximum Gasteiger partial charge on any atom is 0.0463 e. The second-order valence-electron chi connectivity index (χ2n) is 5.96. The lowest BCUT2D eigenvalue weighted by Gasteiger charge is -2.01. The molecule has 0 fully saturated rings. The number of hydrogen-bond acceptors (Lipinski definition) is 0. The van der Waals surface area contributed by atoms with Gasteiger partial charge in [0.05, 0.1) is 0 Å². The van der Waals surface area contributed by atoms with Gasteiger partial charge in [-0.2, -0.15) is 0 Å². The van der Waals surface area contributed by atoms with Gasteiger partial charge in [-0.25, -0.2) is 0 Å². The number of fused-ring (bicyclic) bond motifs is 1. The van der Waals surface area contributed by atoms with Gasteiger partial charge in [0.2, 0.25) is 0 Å². The van der Waals surface area contributed by atoms with Crippen LogP contribution in [0.15, 0.2) is 36.4 Å². The van der Waals surface area contributed by atoms with E-state index in [1.165, 1.54) is 38.7 Å². The van der Waals surface area contributed by atoms with Crippen LogP contribution in [0.1, 0.15) is 33.5 Å². The van der Waals surface area contributed by atoms with Crippen LogP contribution in [0.5, 0.6) is 0 Å². The van der Waals surface area contributed by atoms with Crippen molar-refractivity contribution in [3.8, 4) is 0 Å². The minimum Gasteiger partial charge on any atom is -0.355 e. The van der Waals surface area contributed by atoms with E-state index in [9.17, 15) is 0 Å². The maximum atomic E-state index is 3.49. The summed E-state index contributed by atoms with van der Waals surface area (Å²) in [6.07, 6.45) is 4.34. The van der Waals surface area contributed by atoms with E-state index in [1.54, 1.807) is 0 Å². The second kappa shape index (κ2) is 5.25. The number of aromatic nitrogens is 1. The summed E-state index contributed by atoms with van der Waals surface area (Å²) in [5, 5.41) is 1.31. The first-order chi connectivity index (χ1) is 10.0. The molecule has 1 nitrogen and oxygen atoms in total. The number of aryl methyl sites for hydroxylation is 4. The average molecular weight is 275 g/mol. The van der Waals surface area contributed by atoms with Crippen molar-refractivity contribution >= 4 is 23.1 Å². The molecule has 0 bridgehead atoms. The van der Waals surface area contributed by atoms with Crippen molar-refractivity contribution in [3.63, 3.8) is 0 Å². The van der Waals surface area contributed by atoms with Crippen LogP contribution < -0.4 is 0 Å². The first-order valence-electron chi connectivity index (χ1n) is 7.38. The molecular formula is C20H21N. The third-order valence-corrected chi connectivity index (χ3v) is 3.98. The van der Waals surface area contributed by atoms with Gasteiger partial charge in [0.1, 0.15) is 0 Å². The van der Waals surface area contributed by atoms with Gasteiger partial charge in [0, 0.05) is 16.6 Å². The summed E-state index contributed by atoms with van der Waals surface area (Å²) in [6, 6.07) is 13.2. The fraction of sp³-hybridized carbons (Fsp3) is 0.200. The Balaban J connectivity index is 1.98. The van der Waals surface area contributed by atoms with Crippen molar-refractivity contribution in [2.45, 2.75) is 27.7 Å². The molecule has 0 amide bonds. The summed E-state index contributed by atoms with van der Waals surface area (Å²) < 4.78 is 0. The van der Waals surface area contributed by atoms with Crippen LogP contribution in [-0.4, -0.2) is 4.98 Å². The molecule has 0 aliphatic heterocycles. The van der Waals surface area contributed by atoms with Crippen LogP contribution in [0.3, 0.4) is 0 Å². The van der Waals surface area contributed by atoms with E-state index in [0.29, 0.717) is 0 Å². The zero-order valence-electron chi connectivity index (χ0n) is 13.1. The Morgan fingerprint density at radius 2 is 1.52 bits per heavy atom. The molecule has 2 aromatic carbocycles. The molecule has 3 rings (SSSR count). The average Bonchev–Trinajstić information content (AvgIpc) is 2.81. The van der Waals surface area contributed by atoms with Gasteiger partial charge in [-0.05, 0) is 68.2 Å². The number of H-pyrrole nitrogens is 1. The number of rotatable bonds is 2. The SMILES string of the molecule is Cc1ccc(C=Cc2cc3c(C)cc(C)cc3[nH]2)c(C)c1. The first-order valence-corrected chi connectivity index (χ1v) is 7.38. The van der Waals surface area contributed by atoms with E-state index in [2.05, 4.69) is 81.2 Å². The number of hydrogen-bond donors (Lipinski definition) is 1. The fourth-order valence-corrected chi connectivity index (χ4v) is 2.90. The van der Waals surface area contributed by atoms with E-state index < -0.39 is 0 Å². The summed E-state index contributed by atoms with van der Waals surface area (Å²) in [7, 11) is 0. The highest BCUT2D eigenvalue weighted by molar-refractivity contribution is 5.87. The van der Waals surface area contributed by atoms with Crippen molar-refractivity contribution in [2.24, 2.45) is 0 Å².